The van der Waals surface area contributed by atoms with Crippen LogP contribution in [0.15, 0.2) is 79.7 Å². The number of benzene rings is 2. The molecule has 0 amide bonds. The number of fused-ring (bicyclic) bond motifs is 1. The van der Waals surface area contributed by atoms with E-state index < -0.39 is 5.63 Å². The van der Waals surface area contributed by atoms with Crippen molar-refractivity contribution >= 4 is 22.4 Å². The molecule has 0 saturated carbocycles. The highest BCUT2D eigenvalue weighted by atomic mass is 16.4. The number of aromatic nitrogens is 2. The SMILES string of the molecule is CC(=Nc1c(C)n(C)n(-c2ccccc2)c1=O)c1cc2ccccc2oc1=O. The number of aliphatic imine (C=N–C) groups is 1. The summed E-state index contributed by atoms with van der Waals surface area (Å²) in [6.07, 6.45) is 0. The Bertz CT molecular complexity index is 1320. The first-order valence-electron chi connectivity index (χ1n) is 8.90. The summed E-state index contributed by atoms with van der Waals surface area (Å²) in [4.78, 5) is 29.9. The summed E-state index contributed by atoms with van der Waals surface area (Å²) in [7, 11) is 1.81. The van der Waals surface area contributed by atoms with E-state index in [0.29, 0.717) is 28.2 Å². The molecular weight excluding hydrogens is 354 g/mol. The molecule has 0 radical (unpaired) electrons. The predicted octanol–water partition coefficient (Wildman–Crippen LogP) is 3.73. The zero-order valence-corrected chi connectivity index (χ0v) is 15.8. The lowest BCUT2D eigenvalue weighted by Gasteiger charge is -2.07. The monoisotopic (exact) mass is 373 g/mol. The van der Waals surface area contributed by atoms with E-state index in [2.05, 4.69) is 4.99 Å². The summed E-state index contributed by atoms with van der Waals surface area (Å²) < 4.78 is 8.70. The second-order valence-electron chi connectivity index (χ2n) is 6.59. The molecule has 0 bridgehead atoms. The van der Waals surface area contributed by atoms with Crippen LogP contribution in [-0.4, -0.2) is 15.1 Å². The minimum absolute atomic E-state index is 0.240. The predicted molar refractivity (Wildman–Crippen MR) is 110 cm³/mol. The van der Waals surface area contributed by atoms with Gasteiger partial charge in [-0.1, -0.05) is 36.4 Å². The van der Waals surface area contributed by atoms with Gasteiger partial charge in [0.2, 0.25) is 0 Å². The molecule has 0 spiro atoms. The van der Waals surface area contributed by atoms with Gasteiger partial charge in [0.15, 0.2) is 5.69 Å². The summed E-state index contributed by atoms with van der Waals surface area (Å²) in [5, 5.41) is 0.804. The maximum absolute atomic E-state index is 13.0. The smallest absolute Gasteiger partial charge is 0.345 e. The topological polar surface area (TPSA) is 69.5 Å². The minimum atomic E-state index is -0.475. The van der Waals surface area contributed by atoms with Crippen LogP contribution in [0.4, 0.5) is 5.69 Å². The van der Waals surface area contributed by atoms with Gasteiger partial charge in [-0.3, -0.25) is 9.48 Å². The van der Waals surface area contributed by atoms with Crippen molar-refractivity contribution in [1.82, 2.24) is 9.36 Å². The van der Waals surface area contributed by atoms with E-state index in [-0.39, 0.29) is 5.56 Å². The molecule has 0 aliphatic carbocycles. The van der Waals surface area contributed by atoms with Crippen LogP contribution in [0.5, 0.6) is 0 Å². The Hall–Kier alpha value is -3.67. The third-order valence-electron chi connectivity index (χ3n) is 4.83. The molecule has 4 aromatic rings. The lowest BCUT2D eigenvalue weighted by Crippen LogP contribution is -2.19. The van der Waals surface area contributed by atoms with Gasteiger partial charge in [-0.2, -0.15) is 0 Å². The molecule has 6 heteroatoms. The van der Waals surface area contributed by atoms with Crippen LogP contribution < -0.4 is 11.2 Å². The first-order chi connectivity index (χ1) is 13.5. The first kappa shape index (κ1) is 17.7. The van der Waals surface area contributed by atoms with E-state index >= 15 is 0 Å². The highest BCUT2D eigenvalue weighted by Gasteiger charge is 2.17. The molecule has 2 aromatic heterocycles. The summed E-state index contributed by atoms with van der Waals surface area (Å²) in [6, 6.07) is 18.4. The van der Waals surface area contributed by atoms with Crippen molar-refractivity contribution in [2.24, 2.45) is 12.0 Å². The van der Waals surface area contributed by atoms with Gasteiger partial charge in [0, 0.05) is 12.4 Å². The molecule has 2 aromatic carbocycles. The first-order valence-corrected chi connectivity index (χ1v) is 8.90. The molecule has 0 unspecified atom stereocenters. The molecule has 0 aliphatic rings. The van der Waals surface area contributed by atoms with Crippen LogP contribution in [0.25, 0.3) is 16.7 Å². The van der Waals surface area contributed by atoms with Crippen molar-refractivity contribution in [3.8, 4) is 5.69 Å². The normalized spacial score (nSPS) is 11.9. The van der Waals surface area contributed by atoms with Gasteiger partial charge in [0.1, 0.15) is 5.58 Å². The molecule has 0 aliphatic heterocycles. The summed E-state index contributed by atoms with van der Waals surface area (Å²) in [5.74, 6) is 0. The Morgan fingerprint density at radius 1 is 1.00 bits per heavy atom. The van der Waals surface area contributed by atoms with Crippen molar-refractivity contribution < 1.29 is 4.42 Å². The van der Waals surface area contributed by atoms with E-state index in [0.717, 1.165) is 11.1 Å². The highest BCUT2D eigenvalue weighted by molar-refractivity contribution is 6.01. The second-order valence-corrected chi connectivity index (χ2v) is 6.59. The van der Waals surface area contributed by atoms with Gasteiger partial charge in [0.05, 0.1) is 22.7 Å². The zero-order chi connectivity index (χ0) is 19.8. The molecule has 0 atom stereocenters. The van der Waals surface area contributed by atoms with E-state index in [1.165, 1.54) is 0 Å². The maximum Gasteiger partial charge on any atom is 0.345 e. The largest absolute Gasteiger partial charge is 0.422 e. The van der Waals surface area contributed by atoms with Crippen molar-refractivity contribution in [3.05, 3.63) is 92.7 Å². The van der Waals surface area contributed by atoms with Gasteiger partial charge >= 0.3 is 5.63 Å². The van der Waals surface area contributed by atoms with Crippen LogP contribution in [0.2, 0.25) is 0 Å². The molecule has 2 heterocycles. The molecule has 0 N–H and O–H groups in total. The molecule has 140 valence electrons. The van der Waals surface area contributed by atoms with Gasteiger partial charge < -0.3 is 4.42 Å². The fourth-order valence-electron chi connectivity index (χ4n) is 3.23. The van der Waals surface area contributed by atoms with Crippen molar-refractivity contribution in [2.45, 2.75) is 13.8 Å². The van der Waals surface area contributed by atoms with Gasteiger partial charge in [0.25, 0.3) is 5.56 Å². The van der Waals surface area contributed by atoms with Crippen LogP contribution in [0.3, 0.4) is 0 Å². The van der Waals surface area contributed by atoms with E-state index in [1.54, 1.807) is 28.4 Å². The molecule has 4 rings (SSSR count). The molecule has 6 nitrogen and oxygen atoms in total. The molecule has 0 saturated heterocycles. The third-order valence-corrected chi connectivity index (χ3v) is 4.83. The van der Waals surface area contributed by atoms with Gasteiger partial charge in [-0.05, 0) is 38.1 Å². The Morgan fingerprint density at radius 2 is 1.68 bits per heavy atom. The number of para-hydroxylation sites is 2. The quantitative estimate of drug-likeness (QED) is 0.406. The zero-order valence-electron chi connectivity index (χ0n) is 15.8. The average molecular weight is 373 g/mol. The fourth-order valence-corrected chi connectivity index (χ4v) is 3.23. The summed E-state index contributed by atoms with van der Waals surface area (Å²) in [5.41, 5.74) is 2.34. The molecular formula is C22H19N3O3. The number of nitrogens with zero attached hydrogens (tertiary/aromatic N) is 3. The van der Waals surface area contributed by atoms with E-state index in [1.807, 2.05) is 62.5 Å². The van der Waals surface area contributed by atoms with Crippen LogP contribution in [-0.2, 0) is 7.05 Å². The van der Waals surface area contributed by atoms with Crippen LogP contribution in [0, 0.1) is 6.92 Å². The Labute approximate surface area is 161 Å². The number of hydrogen-bond donors (Lipinski definition) is 0. The lowest BCUT2D eigenvalue weighted by atomic mass is 10.1. The second kappa shape index (κ2) is 6.81. The Morgan fingerprint density at radius 3 is 2.43 bits per heavy atom. The van der Waals surface area contributed by atoms with Gasteiger partial charge in [-0.25, -0.2) is 14.5 Å². The standard InChI is InChI=1S/C22H19N3O3/c1-14(18-13-16-9-7-8-12-19(16)28-22(18)27)23-20-15(2)24(3)25(21(20)26)17-10-5-4-6-11-17/h4-13H,1-3H3. The number of rotatable bonds is 3. The van der Waals surface area contributed by atoms with E-state index in [4.69, 9.17) is 4.42 Å². The minimum Gasteiger partial charge on any atom is -0.422 e. The maximum atomic E-state index is 13.0. The van der Waals surface area contributed by atoms with Crippen molar-refractivity contribution in [3.63, 3.8) is 0 Å². The highest BCUT2D eigenvalue weighted by Crippen LogP contribution is 2.19. The lowest BCUT2D eigenvalue weighted by molar-refractivity contribution is 0.559. The Balaban J connectivity index is 1.87. The van der Waals surface area contributed by atoms with Gasteiger partial charge in [-0.15, -0.1) is 0 Å². The molecule has 0 fully saturated rings. The van der Waals surface area contributed by atoms with Crippen LogP contribution in [0.1, 0.15) is 18.2 Å². The molecule has 28 heavy (non-hydrogen) atoms. The van der Waals surface area contributed by atoms with Crippen molar-refractivity contribution in [1.29, 1.82) is 0 Å². The number of hydrogen-bond acceptors (Lipinski definition) is 4. The van der Waals surface area contributed by atoms with Crippen LogP contribution >= 0.6 is 0 Å². The summed E-state index contributed by atoms with van der Waals surface area (Å²) in [6.45, 7) is 3.54. The average Bonchev–Trinajstić information content (AvgIpc) is 2.91. The summed E-state index contributed by atoms with van der Waals surface area (Å²) >= 11 is 0. The third kappa shape index (κ3) is 2.89. The Kier molecular flexibility index (Phi) is 4.31. The fraction of sp³-hybridized carbons (Fsp3) is 0.136. The van der Waals surface area contributed by atoms with E-state index in [9.17, 15) is 9.59 Å². The van der Waals surface area contributed by atoms with Crippen molar-refractivity contribution in [2.75, 3.05) is 0 Å².